The predicted octanol–water partition coefficient (Wildman–Crippen LogP) is 2.56. The van der Waals surface area contributed by atoms with Crippen LogP contribution in [0.3, 0.4) is 0 Å². The van der Waals surface area contributed by atoms with Crippen molar-refractivity contribution in [1.82, 2.24) is 0 Å². The minimum atomic E-state index is -1.44. The van der Waals surface area contributed by atoms with Crippen LogP contribution in [-0.4, -0.2) is 30.8 Å². The van der Waals surface area contributed by atoms with E-state index in [2.05, 4.69) is 13.8 Å². The third-order valence-electron chi connectivity index (χ3n) is 3.66. The predicted molar refractivity (Wildman–Crippen MR) is 79.7 cm³/mol. The van der Waals surface area contributed by atoms with Gasteiger partial charge < -0.3 is 15.6 Å². The second-order valence-electron chi connectivity index (χ2n) is 5.62. The number of ether oxygens (including phenoxy) is 1. The van der Waals surface area contributed by atoms with E-state index in [9.17, 15) is 14.3 Å². The van der Waals surface area contributed by atoms with E-state index in [4.69, 9.17) is 10.5 Å². The number of rotatable bonds is 9. The molecule has 1 rings (SSSR count). The molecule has 0 saturated carbocycles. The van der Waals surface area contributed by atoms with E-state index < -0.39 is 17.2 Å². The summed E-state index contributed by atoms with van der Waals surface area (Å²) < 4.78 is 19.4. The number of hydrogen-bond acceptors (Lipinski definition) is 3. The number of carboxylic acids is 1. The number of hydrogen-bond donors (Lipinski definition) is 2. The molecule has 0 fully saturated rings. The lowest BCUT2D eigenvalue weighted by Crippen LogP contribution is -2.44. The van der Waals surface area contributed by atoms with E-state index in [0.717, 1.165) is 6.42 Å². The van der Waals surface area contributed by atoms with Crippen LogP contribution >= 0.6 is 0 Å². The zero-order chi connectivity index (χ0) is 15.9. The quantitative estimate of drug-likeness (QED) is 0.687. The number of carboxylic acid groups (broad SMARTS) is 1. The average molecular weight is 297 g/mol. The molecule has 0 aliphatic carbocycles. The van der Waals surface area contributed by atoms with Crippen LogP contribution in [0, 0.1) is 11.7 Å². The normalized spacial score (nSPS) is 14.1. The van der Waals surface area contributed by atoms with E-state index in [-0.39, 0.29) is 25.1 Å². The van der Waals surface area contributed by atoms with Crippen LogP contribution in [0.15, 0.2) is 24.3 Å². The Morgan fingerprint density at radius 2 is 2.05 bits per heavy atom. The molecule has 0 heterocycles. The molecule has 0 aromatic heterocycles. The van der Waals surface area contributed by atoms with Gasteiger partial charge in [-0.1, -0.05) is 32.0 Å². The smallest absolute Gasteiger partial charge is 0.315 e. The first kappa shape index (κ1) is 17.6. The molecule has 0 saturated heterocycles. The number of carbonyl (C=O) groups is 1. The standard InChI is InChI=1S/C16H24FNO3/c1-12(2)7-9-21-10-8-16(11-18,15(19)20)13-5-3-4-6-14(13)17/h3-6,12H,7-11,18H2,1-2H3,(H,19,20). The Morgan fingerprint density at radius 1 is 1.38 bits per heavy atom. The molecular weight excluding hydrogens is 273 g/mol. The van der Waals surface area contributed by atoms with Crippen LogP contribution in [-0.2, 0) is 14.9 Å². The summed E-state index contributed by atoms with van der Waals surface area (Å²) in [6.07, 6.45) is 1.06. The lowest BCUT2D eigenvalue weighted by atomic mass is 9.77. The van der Waals surface area contributed by atoms with E-state index in [1.165, 1.54) is 18.2 Å². The molecule has 1 aromatic carbocycles. The molecule has 0 amide bonds. The van der Waals surface area contributed by atoms with Gasteiger partial charge in [0, 0.05) is 25.3 Å². The number of aliphatic carboxylic acids is 1. The van der Waals surface area contributed by atoms with Gasteiger partial charge in [0.05, 0.1) is 0 Å². The average Bonchev–Trinajstić information content (AvgIpc) is 2.43. The molecular formula is C16H24FNO3. The van der Waals surface area contributed by atoms with Crippen molar-refractivity contribution in [2.75, 3.05) is 19.8 Å². The first-order chi connectivity index (χ1) is 9.94. The van der Waals surface area contributed by atoms with Gasteiger partial charge in [-0.2, -0.15) is 0 Å². The fourth-order valence-corrected chi connectivity index (χ4v) is 2.17. The van der Waals surface area contributed by atoms with Crippen LogP contribution in [0.25, 0.3) is 0 Å². The van der Waals surface area contributed by atoms with Crippen LogP contribution in [0.1, 0.15) is 32.3 Å². The SMILES string of the molecule is CC(C)CCOCCC(CN)(C(=O)O)c1ccccc1F. The Hall–Kier alpha value is -1.46. The van der Waals surface area contributed by atoms with Gasteiger partial charge >= 0.3 is 5.97 Å². The molecule has 0 aliphatic rings. The third kappa shape index (κ3) is 4.51. The third-order valence-corrected chi connectivity index (χ3v) is 3.66. The number of nitrogens with two attached hydrogens (primary N) is 1. The van der Waals surface area contributed by atoms with Gasteiger partial charge in [-0.3, -0.25) is 4.79 Å². The van der Waals surface area contributed by atoms with Crippen molar-refractivity contribution >= 4 is 5.97 Å². The molecule has 4 nitrogen and oxygen atoms in total. The maximum atomic E-state index is 14.0. The van der Waals surface area contributed by atoms with E-state index in [1.54, 1.807) is 6.07 Å². The molecule has 0 bridgehead atoms. The summed E-state index contributed by atoms with van der Waals surface area (Å²) >= 11 is 0. The van der Waals surface area contributed by atoms with Crippen LogP contribution < -0.4 is 5.73 Å². The Balaban J connectivity index is 2.81. The van der Waals surface area contributed by atoms with Crippen molar-refractivity contribution in [3.05, 3.63) is 35.6 Å². The van der Waals surface area contributed by atoms with Crippen molar-refractivity contribution in [3.63, 3.8) is 0 Å². The summed E-state index contributed by atoms with van der Waals surface area (Å²) in [5.74, 6) is -1.15. The molecule has 1 unspecified atom stereocenters. The Morgan fingerprint density at radius 3 is 2.57 bits per heavy atom. The molecule has 1 aromatic rings. The second-order valence-corrected chi connectivity index (χ2v) is 5.62. The van der Waals surface area contributed by atoms with Gasteiger partial charge in [0.1, 0.15) is 11.2 Å². The van der Waals surface area contributed by atoms with Crippen molar-refractivity contribution in [1.29, 1.82) is 0 Å². The zero-order valence-corrected chi connectivity index (χ0v) is 12.6. The van der Waals surface area contributed by atoms with Gasteiger partial charge in [0.25, 0.3) is 0 Å². The highest BCUT2D eigenvalue weighted by Crippen LogP contribution is 2.30. The highest BCUT2D eigenvalue weighted by atomic mass is 19.1. The molecule has 3 N–H and O–H groups in total. The molecule has 5 heteroatoms. The molecule has 0 radical (unpaired) electrons. The Kier molecular flexibility index (Phi) is 6.78. The van der Waals surface area contributed by atoms with Crippen LogP contribution in [0.5, 0.6) is 0 Å². The van der Waals surface area contributed by atoms with E-state index in [1.807, 2.05) is 0 Å². The number of halogens is 1. The highest BCUT2D eigenvalue weighted by molar-refractivity contribution is 5.81. The van der Waals surface area contributed by atoms with Crippen molar-refractivity contribution in [2.24, 2.45) is 11.7 Å². The fourth-order valence-electron chi connectivity index (χ4n) is 2.17. The molecule has 21 heavy (non-hydrogen) atoms. The largest absolute Gasteiger partial charge is 0.481 e. The van der Waals surface area contributed by atoms with Gasteiger partial charge in [-0.15, -0.1) is 0 Å². The summed E-state index contributed by atoms with van der Waals surface area (Å²) in [6.45, 7) is 4.81. The van der Waals surface area contributed by atoms with E-state index >= 15 is 0 Å². The zero-order valence-electron chi connectivity index (χ0n) is 12.6. The fraction of sp³-hybridized carbons (Fsp3) is 0.562. The van der Waals surface area contributed by atoms with Gasteiger partial charge in [0.15, 0.2) is 0 Å². The number of benzene rings is 1. The van der Waals surface area contributed by atoms with Crippen LogP contribution in [0.4, 0.5) is 4.39 Å². The monoisotopic (exact) mass is 297 g/mol. The summed E-state index contributed by atoms with van der Waals surface area (Å²) in [5, 5.41) is 9.54. The van der Waals surface area contributed by atoms with Gasteiger partial charge in [-0.25, -0.2) is 4.39 Å². The first-order valence-corrected chi connectivity index (χ1v) is 7.20. The second kappa shape index (κ2) is 8.10. The van der Waals surface area contributed by atoms with E-state index in [0.29, 0.717) is 12.5 Å². The molecule has 118 valence electrons. The topological polar surface area (TPSA) is 72.5 Å². The lowest BCUT2D eigenvalue weighted by Gasteiger charge is -2.28. The minimum absolute atomic E-state index is 0.118. The maximum absolute atomic E-state index is 14.0. The van der Waals surface area contributed by atoms with Crippen molar-refractivity contribution in [3.8, 4) is 0 Å². The van der Waals surface area contributed by atoms with Gasteiger partial charge in [-0.05, 0) is 24.8 Å². The summed E-state index contributed by atoms with van der Waals surface area (Å²) in [7, 11) is 0. The molecule has 0 spiro atoms. The first-order valence-electron chi connectivity index (χ1n) is 7.20. The maximum Gasteiger partial charge on any atom is 0.315 e. The van der Waals surface area contributed by atoms with Crippen molar-refractivity contribution in [2.45, 2.75) is 32.1 Å². The Bertz CT molecular complexity index is 465. The van der Waals surface area contributed by atoms with Crippen molar-refractivity contribution < 1.29 is 19.0 Å². The molecule has 1 atom stereocenters. The van der Waals surface area contributed by atoms with Gasteiger partial charge in [0.2, 0.25) is 0 Å². The highest BCUT2D eigenvalue weighted by Gasteiger charge is 2.40. The minimum Gasteiger partial charge on any atom is -0.481 e. The summed E-state index contributed by atoms with van der Waals surface area (Å²) in [5.41, 5.74) is 4.35. The van der Waals surface area contributed by atoms with Crippen LogP contribution in [0.2, 0.25) is 0 Å². The lowest BCUT2D eigenvalue weighted by molar-refractivity contribution is -0.144. The molecule has 0 aliphatic heterocycles. The summed E-state index contributed by atoms with van der Waals surface area (Å²) in [6, 6.07) is 5.87. The summed E-state index contributed by atoms with van der Waals surface area (Å²) in [4.78, 5) is 11.7. The Labute approximate surface area is 125 Å².